The third kappa shape index (κ3) is 6.18. The number of methoxy groups -OCH3 is 1. The quantitative estimate of drug-likeness (QED) is 0.584. The Labute approximate surface area is 193 Å². The van der Waals surface area contributed by atoms with E-state index in [2.05, 4.69) is 10.5 Å². The molecule has 32 heavy (non-hydrogen) atoms. The average Bonchev–Trinajstić information content (AvgIpc) is 3.27. The highest BCUT2D eigenvalue weighted by atomic mass is 32.2. The van der Waals surface area contributed by atoms with Crippen LogP contribution >= 0.6 is 0 Å². The highest BCUT2D eigenvalue weighted by Crippen LogP contribution is 2.31. The number of nitrogens with one attached hydrogen (secondary N) is 1. The standard InChI is InChI=1S/C23H38N2O6S/c1-22(2,15-30-20-8-6-7-13-29-20)18-14-19(31-25-18)24-21(26)23(3,4)32(27)17-11-9-16(28-5)10-12-17/h14,16-17,20H,6-13,15H2,1-5H3,(H,24,26). The molecule has 0 radical (unpaired) electrons. The Morgan fingerprint density at radius 1 is 1.19 bits per heavy atom. The first-order valence-electron chi connectivity index (χ1n) is 11.6. The first-order valence-corrected chi connectivity index (χ1v) is 12.8. The van der Waals surface area contributed by atoms with Crippen LogP contribution in [0.15, 0.2) is 10.6 Å². The lowest BCUT2D eigenvalue weighted by molar-refractivity contribution is -0.170. The summed E-state index contributed by atoms with van der Waals surface area (Å²) < 4.78 is 34.5. The number of nitrogens with zero attached hydrogens (tertiary/aromatic N) is 1. The van der Waals surface area contributed by atoms with E-state index in [0.717, 1.165) is 51.6 Å². The third-order valence-electron chi connectivity index (χ3n) is 6.52. The van der Waals surface area contributed by atoms with Crippen molar-refractivity contribution in [3.8, 4) is 0 Å². The first kappa shape index (κ1) is 25.3. The topological polar surface area (TPSA) is 99.9 Å². The second kappa shape index (κ2) is 10.8. The number of ether oxygens (including phenoxy) is 3. The molecule has 1 aliphatic carbocycles. The molecule has 0 bridgehead atoms. The van der Waals surface area contributed by atoms with Crippen LogP contribution in [-0.4, -0.2) is 58.0 Å². The minimum Gasteiger partial charge on any atom is -0.381 e. The maximum Gasteiger partial charge on any atom is 0.245 e. The van der Waals surface area contributed by atoms with Crippen LogP contribution in [0.5, 0.6) is 0 Å². The van der Waals surface area contributed by atoms with E-state index < -0.39 is 21.0 Å². The van der Waals surface area contributed by atoms with E-state index in [-0.39, 0.29) is 29.4 Å². The summed E-state index contributed by atoms with van der Waals surface area (Å²) in [6.45, 7) is 8.62. The van der Waals surface area contributed by atoms with Gasteiger partial charge in [-0.05, 0) is 58.8 Å². The Hall–Kier alpha value is -1.29. The van der Waals surface area contributed by atoms with E-state index >= 15 is 0 Å². The van der Waals surface area contributed by atoms with Gasteiger partial charge in [-0.2, -0.15) is 0 Å². The van der Waals surface area contributed by atoms with Crippen LogP contribution in [0.3, 0.4) is 0 Å². The molecule has 1 aliphatic heterocycles. The zero-order chi connectivity index (χ0) is 23.4. The molecule has 1 amide bonds. The predicted molar refractivity (Wildman–Crippen MR) is 123 cm³/mol. The predicted octanol–water partition coefficient (Wildman–Crippen LogP) is 3.92. The molecule has 0 aromatic carbocycles. The highest BCUT2D eigenvalue weighted by Gasteiger charge is 2.40. The maximum absolute atomic E-state index is 13.2. The summed E-state index contributed by atoms with van der Waals surface area (Å²) in [4.78, 5) is 13.0. The Bertz CT molecular complexity index is 779. The molecular weight excluding hydrogens is 432 g/mol. The Kier molecular flexibility index (Phi) is 8.52. The van der Waals surface area contributed by atoms with Crippen molar-refractivity contribution in [2.45, 2.75) is 100 Å². The van der Waals surface area contributed by atoms with E-state index in [4.69, 9.17) is 18.7 Å². The maximum atomic E-state index is 13.2. The van der Waals surface area contributed by atoms with Crippen molar-refractivity contribution < 1.29 is 27.7 Å². The van der Waals surface area contributed by atoms with Gasteiger partial charge in [0.25, 0.3) is 0 Å². The summed E-state index contributed by atoms with van der Waals surface area (Å²) in [5.41, 5.74) is 0.270. The Morgan fingerprint density at radius 2 is 1.91 bits per heavy atom. The van der Waals surface area contributed by atoms with Crippen molar-refractivity contribution in [1.82, 2.24) is 5.16 Å². The van der Waals surface area contributed by atoms with Crippen LogP contribution in [0.25, 0.3) is 0 Å². The van der Waals surface area contributed by atoms with Gasteiger partial charge in [-0.25, -0.2) is 0 Å². The lowest BCUT2D eigenvalue weighted by Gasteiger charge is -2.32. The molecule has 1 aromatic heterocycles. The molecule has 3 rings (SSSR count). The van der Waals surface area contributed by atoms with Crippen molar-refractivity contribution in [3.05, 3.63) is 11.8 Å². The number of rotatable bonds is 9. The monoisotopic (exact) mass is 470 g/mol. The summed E-state index contributed by atoms with van der Waals surface area (Å²) in [7, 11) is 0.393. The minimum atomic E-state index is -1.32. The van der Waals surface area contributed by atoms with Crippen LogP contribution in [0.2, 0.25) is 0 Å². The number of carbonyl (C=O) groups excluding carboxylic acids is 1. The van der Waals surface area contributed by atoms with E-state index in [0.29, 0.717) is 12.3 Å². The molecule has 0 spiro atoms. The van der Waals surface area contributed by atoms with Crippen LogP contribution in [-0.2, 0) is 35.2 Å². The van der Waals surface area contributed by atoms with Gasteiger partial charge in [-0.3, -0.25) is 14.3 Å². The largest absolute Gasteiger partial charge is 0.381 e. The van der Waals surface area contributed by atoms with Crippen LogP contribution in [0.1, 0.15) is 78.3 Å². The Morgan fingerprint density at radius 3 is 2.53 bits per heavy atom. The minimum absolute atomic E-state index is 0.00877. The lowest BCUT2D eigenvalue weighted by atomic mass is 9.90. The zero-order valence-electron chi connectivity index (χ0n) is 20.0. The lowest BCUT2D eigenvalue weighted by Crippen LogP contribution is -2.46. The smallest absolute Gasteiger partial charge is 0.245 e. The molecule has 1 aromatic rings. The molecule has 2 aliphatic rings. The zero-order valence-corrected chi connectivity index (χ0v) is 20.8. The summed E-state index contributed by atoms with van der Waals surface area (Å²) >= 11 is 0. The van der Waals surface area contributed by atoms with E-state index in [1.165, 1.54) is 0 Å². The van der Waals surface area contributed by atoms with Gasteiger partial charge in [0.05, 0.1) is 18.4 Å². The second-order valence-corrected chi connectivity index (χ2v) is 12.2. The molecule has 1 N–H and O–H groups in total. The van der Waals surface area contributed by atoms with Gasteiger partial charge in [0, 0.05) is 41.2 Å². The number of hydrogen-bond acceptors (Lipinski definition) is 7. The van der Waals surface area contributed by atoms with Crippen molar-refractivity contribution in [2.75, 3.05) is 25.6 Å². The molecule has 1 saturated heterocycles. The number of anilines is 1. The molecule has 9 heteroatoms. The van der Waals surface area contributed by atoms with Gasteiger partial charge in [0.15, 0.2) is 6.29 Å². The molecule has 2 heterocycles. The molecular formula is C23H38N2O6S. The van der Waals surface area contributed by atoms with E-state index in [9.17, 15) is 9.00 Å². The highest BCUT2D eigenvalue weighted by molar-refractivity contribution is 7.87. The molecule has 2 atom stereocenters. The van der Waals surface area contributed by atoms with E-state index in [1.54, 1.807) is 27.0 Å². The fraction of sp³-hybridized carbons (Fsp3) is 0.826. The Balaban J connectivity index is 1.56. The fourth-order valence-corrected chi connectivity index (χ4v) is 5.89. The summed E-state index contributed by atoms with van der Waals surface area (Å²) in [5, 5.41) is 6.90. The van der Waals surface area contributed by atoms with Gasteiger partial charge in [-0.1, -0.05) is 19.0 Å². The third-order valence-corrected chi connectivity index (χ3v) is 8.78. The van der Waals surface area contributed by atoms with Crippen molar-refractivity contribution in [1.29, 1.82) is 0 Å². The molecule has 2 fully saturated rings. The normalized spacial score (nSPS) is 26.0. The number of carbonyl (C=O) groups is 1. The first-order chi connectivity index (χ1) is 15.1. The number of hydrogen-bond donors (Lipinski definition) is 1. The fourth-order valence-electron chi connectivity index (χ4n) is 4.12. The number of amides is 1. The van der Waals surface area contributed by atoms with Crippen LogP contribution in [0.4, 0.5) is 5.88 Å². The van der Waals surface area contributed by atoms with Crippen molar-refractivity contribution in [2.24, 2.45) is 0 Å². The van der Waals surface area contributed by atoms with Crippen molar-refractivity contribution in [3.63, 3.8) is 0 Å². The molecule has 1 saturated carbocycles. The summed E-state index contributed by atoms with van der Waals surface area (Å²) in [6, 6.07) is 1.71. The average molecular weight is 471 g/mol. The molecule has 8 nitrogen and oxygen atoms in total. The van der Waals surface area contributed by atoms with Gasteiger partial charge in [0.1, 0.15) is 4.75 Å². The van der Waals surface area contributed by atoms with Crippen LogP contribution < -0.4 is 5.32 Å². The molecule has 2 unspecified atom stereocenters. The van der Waals surface area contributed by atoms with Gasteiger partial charge >= 0.3 is 0 Å². The van der Waals surface area contributed by atoms with Gasteiger partial charge in [0.2, 0.25) is 11.8 Å². The SMILES string of the molecule is COC1CCC(S(=O)C(C)(C)C(=O)Nc2cc(C(C)(C)COC3CCCCO3)no2)CC1. The van der Waals surface area contributed by atoms with Gasteiger partial charge in [-0.15, -0.1) is 0 Å². The summed E-state index contributed by atoms with van der Waals surface area (Å²) in [5.74, 6) is -0.0859. The number of aromatic nitrogens is 1. The second-order valence-electron chi connectivity index (χ2n) is 9.96. The molecule has 182 valence electrons. The van der Waals surface area contributed by atoms with Crippen LogP contribution in [0, 0.1) is 0 Å². The van der Waals surface area contributed by atoms with Gasteiger partial charge < -0.3 is 18.7 Å². The summed E-state index contributed by atoms with van der Waals surface area (Å²) in [6.07, 6.45) is 6.48. The van der Waals surface area contributed by atoms with Crippen molar-refractivity contribution >= 4 is 22.6 Å². The van der Waals surface area contributed by atoms with E-state index in [1.807, 2.05) is 13.8 Å².